The standard InChI is InChI=1S/C22H27NO5Si/c1-22(2,3)29(18-10-6-4-7-11-18,19-12-8-5-9-13-19)28-15-17-14-27-16-20(24)23(17)21(25)26/h4-13,17H,14-16H2,1-3H3,(H,25,26)/t17-/m1/s1. The first-order valence-electron chi connectivity index (χ1n) is 9.65. The predicted molar refractivity (Wildman–Crippen MR) is 113 cm³/mol. The Hall–Kier alpha value is -2.48. The molecule has 0 bridgehead atoms. The van der Waals surface area contributed by atoms with Gasteiger partial charge in [-0.25, -0.2) is 9.69 Å². The lowest BCUT2D eigenvalue weighted by Gasteiger charge is -2.44. The number of carbonyl (C=O) groups excluding carboxylic acids is 1. The minimum absolute atomic E-state index is 0.0886. The van der Waals surface area contributed by atoms with Crippen molar-refractivity contribution in [3.05, 3.63) is 60.7 Å². The smallest absolute Gasteiger partial charge is 0.414 e. The molecule has 1 saturated heterocycles. The second kappa shape index (κ2) is 8.48. The molecule has 2 aromatic carbocycles. The topological polar surface area (TPSA) is 76.1 Å². The summed E-state index contributed by atoms with van der Waals surface area (Å²) in [4.78, 5) is 24.6. The average Bonchev–Trinajstić information content (AvgIpc) is 2.69. The van der Waals surface area contributed by atoms with Crippen LogP contribution < -0.4 is 10.4 Å². The predicted octanol–water partition coefficient (Wildman–Crippen LogP) is 2.47. The van der Waals surface area contributed by atoms with E-state index in [4.69, 9.17) is 9.16 Å². The summed E-state index contributed by atoms with van der Waals surface area (Å²) in [5.41, 5.74) is 0. The van der Waals surface area contributed by atoms with Crippen molar-refractivity contribution in [2.45, 2.75) is 31.9 Å². The number of hydrogen-bond acceptors (Lipinski definition) is 4. The quantitative estimate of drug-likeness (QED) is 0.762. The zero-order chi connectivity index (χ0) is 21.1. The van der Waals surface area contributed by atoms with Gasteiger partial charge in [0.25, 0.3) is 14.2 Å². The van der Waals surface area contributed by atoms with E-state index in [1.54, 1.807) is 0 Å². The first-order chi connectivity index (χ1) is 13.8. The number of nitrogens with zero attached hydrogens (tertiary/aromatic N) is 1. The van der Waals surface area contributed by atoms with Crippen LogP contribution in [0, 0.1) is 0 Å². The van der Waals surface area contributed by atoms with Crippen LogP contribution in [0.5, 0.6) is 0 Å². The largest absolute Gasteiger partial charge is 0.465 e. The molecule has 0 unspecified atom stereocenters. The van der Waals surface area contributed by atoms with Gasteiger partial charge in [0.1, 0.15) is 6.61 Å². The maximum absolute atomic E-state index is 12.1. The van der Waals surface area contributed by atoms with Crippen LogP contribution in [-0.4, -0.2) is 56.2 Å². The van der Waals surface area contributed by atoms with Crippen LogP contribution in [-0.2, 0) is 14.0 Å². The molecule has 2 aromatic rings. The van der Waals surface area contributed by atoms with Gasteiger partial charge in [-0.15, -0.1) is 0 Å². The molecule has 1 heterocycles. The third-order valence-electron chi connectivity index (χ3n) is 5.28. The number of carbonyl (C=O) groups is 2. The Labute approximate surface area is 172 Å². The van der Waals surface area contributed by atoms with Gasteiger partial charge in [-0.2, -0.15) is 0 Å². The van der Waals surface area contributed by atoms with Crippen molar-refractivity contribution in [3.8, 4) is 0 Å². The Bertz CT molecular complexity index is 811. The molecule has 0 aromatic heterocycles. The Balaban J connectivity index is 2.04. The Kier molecular flexibility index (Phi) is 6.21. The third kappa shape index (κ3) is 4.12. The molecule has 1 fully saturated rings. The molecular formula is C22H27NO5Si. The first-order valence-corrected chi connectivity index (χ1v) is 11.6. The molecule has 0 aliphatic carbocycles. The van der Waals surface area contributed by atoms with Gasteiger partial charge >= 0.3 is 6.09 Å². The van der Waals surface area contributed by atoms with Gasteiger partial charge < -0.3 is 14.3 Å². The molecule has 6 nitrogen and oxygen atoms in total. The fourth-order valence-electron chi connectivity index (χ4n) is 4.00. The number of imide groups is 1. The number of carboxylic acid groups (broad SMARTS) is 1. The minimum atomic E-state index is -2.81. The van der Waals surface area contributed by atoms with Gasteiger partial charge in [0.2, 0.25) is 0 Å². The lowest BCUT2D eigenvalue weighted by molar-refractivity contribution is -0.145. The van der Waals surface area contributed by atoms with E-state index in [1.807, 2.05) is 36.4 Å². The molecule has 0 saturated carbocycles. The summed E-state index contributed by atoms with van der Waals surface area (Å²) in [7, 11) is -2.81. The summed E-state index contributed by atoms with van der Waals surface area (Å²) in [6.07, 6.45) is -1.27. The van der Waals surface area contributed by atoms with E-state index in [2.05, 4.69) is 45.0 Å². The lowest BCUT2D eigenvalue weighted by atomic mass is 10.2. The molecule has 3 rings (SSSR count). The number of hydrogen-bond donors (Lipinski definition) is 1. The van der Waals surface area contributed by atoms with Crippen LogP contribution in [0.4, 0.5) is 4.79 Å². The monoisotopic (exact) mass is 413 g/mol. The maximum Gasteiger partial charge on any atom is 0.414 e. The van der Waals surface area contributed by atoms with Crippen LogP contribution in [0.1, 0.15) is 20.8 Å². The minimum Gasteiger partial charge on any atom is -0.465 e. The summed E-state index contributed by atoms with van der Waals surface area (Å²) in [6.45, 7) is 6.45. The highest BCUT2D eigenvalue weighted by Crippen LogP contribution is 2.37. The number of amides is 2. The van der Waals surface area contributed by atoms with Crippen molar-refractivity contribution in [3.63, 3.8) is 0 Å². The molecule has 29 heavy (non-hydrogen) atoms. The van der Waals surface area contributed by atoms with E-state index in [0.29, 0.717) is 0 Å². The molecule has 1 aliphatic rings. The Morgan fingerprint density at radius 2 is 1.62 bits per heavy atom. The van der Waals surface area contributed by atoms with Gasteiger partial charge in [-0.05, 0) is 15.4 Å². The van der Waals surface area contributed by atoms with Crippen molar-refractivity contribution in [1.29, 1.82) is 0 Å². The van der Waals surface area contributed by atoms with Crippen molar-refractivity contribution in [1.82, 2.24) is 4.90 Å². The zero-order valence-corrected chi connectivity index (χ0v) is 18.0. The average molecular weight is 414 g/mol. The van der Waals surface area contributed by atoms with Gasteiger partial charge in [0.05, 0.1) is 19.3 Å². The molecule has 0 spiro atoms. The van der Waals surface area contributed by atoms with Gasteiger partial charge in [0, 0.05) is 0 Å². The summed E-state index contributed by atoms with van der Waals surface area (Å²) in [5.74, 6) is -0.556. The number of benzene rings is 2. The maximum atomic E-state index is 12.1. The van der Waals surface area contributed by atoms with Crippen molar-refractivity contribution in [2.24, 2.45) is 0 Å². The Morgan fingerprint density at radius 3 is 2.07 bits per heavy atom. The SMILES string of the molecule is CC(C)(C)[Si](OC[C@H]1COCC(=O)N1C(=O)O)(c1ccccc1)c1ccccc1. The highest BCUT2D eigenvalue weighted by atomic mass is 28.4. The van der Waals surface area contributed by atoms with Crippen LogP contribution in [0.3, 0.4) is 0 Å². The molecule has 2 amide bonds. The zero-order valence-electron chi connectivity index (χ0n) is 17.0. The van der Waals surface area contributed by atoms with Crippen LogP contribution in [0.2, 0.25) is 5.04 Å². The van der Waals surface area contributed by atoms with Crippen LogP contribution in [0.15, 0.2) is 60.7 Å². The highest BCUT2D eigenvalue weighted by Gasteiger charge is 2.51. The van der Waals surface area contributed by atoms with Crippen molar-refractivity contribution < 1.29 is 23.9 Å². The summed E-state index contributed by atoms with van der Waals surface area (Å²) >= 11 is 0. The van der Waals surface area contributed by atoms with Gasteiger partial charge in [0.15, 0.2) is 0 Å². The summed E-state index contributed by atoms with van der Waals surface area (Å²) in [5, 5.41) is 11.5. The first kappa shape index (κ1) is 21.2. The van der Waals surface area contributed by atoms with E-state index < -0.39 is 26.4 Å². The molecule has 0 radical (unpaired) electrons. The van der Waals surface area contributed by atoms with E-state index in [1.165, 1.54) is 0 Å². The van der Waals surface area contributed by atoms with E-state index >= 15 is 0 Å². The molecule has 154 valence electrons. The summed E-state index contributed by atoms with van der Waals surface area (Å²) < 4.78 is 12.1. The Morgan fingerprint density at radius 1 is 1.10 bits per heavy atom. The fraction of sp³-hybridized carbons (Fsp3) is 0.364. The highest BCUT2D eigenvalue weighted by molar-refractivity contribution is 6.99. The molecule has 7 heteroatoms. The normalized spacial score (nSPS) is 18.0. The van der Waals surface area contributed by atoms with E-state index in [9.17, 15) is 14.7 Å². The van der Waals surface area contributed by atoms with Crippen LogP contribution >= 0.6 is 0 Å². The second-order valence-corrected chi connectivity index (χ2v) is 12.5. The molecule has 1 atom stereocenters. The number of rotatable bonds is 5. The number of ether oxygens (including phenoxy) is 1. The van der Waals surface area contributed by atoms with Gasteiger partial charge in [-0.1, -0.05) is 81.4 Å². The number of morpholine rings is 1. The van der Waals surface area contributed by atoms with E-state index in [-0.39, 0.29) is 24.9 Å². The van der Waals surface area contributed by atoms with Gasteiger partial charge in [-0.3, -0.25) is 4.79 Å². The lowest BCUT2D eigenvalue weighted by Crippen LogP contribution is -2.68. The van der Waals surface area contributed by atoms with Crippen molar-refractivity contribution in [2.75, 3.05) is 19.8 Å². The summed E-state index contributed by atoms with van der Waals surface area (Å²) in [6, 6.07) is 19.5. The molecular weight excluding hydrogens is 386 g/mol. The molecule has 1 N–H and O–H groups in total. The third-order valence-corrected chi connectivity index (χ3v) is 10.3. The molecule has 1 aliphatic heterocycles. The second-order valence-electron chi connectivity index (χ2n) is 8.19. The van der Waals surface area contributed by atoms with Crippen LogP contribution in [0.25, 0.3) is 0 Å². The van der Waals surface area contributed by atoms with E-state index in [0.717, 1.165) is 15.3 Å². The van der Waals surface area contributed by atoms with Crippen molar-refractivity contribution >= 4 is 30.7 Å². The fourth-order valence-corrected chi connectivity index (χ4v) is 8.60.